The van der Waals surface area contributed by atoms with Crippen molar-refractivity contribution in [2.75, 3.05) is 27.9 Å². The fourth-order valence-electron chi connectivity index (χ4n) is 3.90. The quantitative estimate of drug-likeness (QED) is 0.596. The Labute approximate surface area is 170 Å². The molecule has 1 aromatic heterocycles. The van der Waals surface area contributed by atoms with Crippen LogP contribution in [0.4, 0.5) is 0 Å². The molecule has 0 spiro atoms. The minimum absolute atomic E-state index is 0.210. The molecule has 7 nitrogen and oxygen atoms in total. The molecule has 0 saturated carbocycles. The second kappa shape index (κ2) is 8.53. The SMILES string of the molecule is COc1ccc(OC)c(C2CCCN2Cc2nc(-c3ccccc3OC)no2)c1. The molecule has 3 aromatic rings. The van der Waals surface area contributed by atoms with Crippen LogP contribution in [0.1, 0.15) is 30.3 Å². The molecule has 2 heterocycles. The second-order valence-electron chi connectivity index (χ2n) is 6.95. The van der Waals surface area contributed by atoms with E-state index in [4.69, 9.17) is 18.7 Å². The van der Waals surface area contributed by atoms with Crippen molar-refractivity contribution in [3.63, 3.8) is 0 Å². The predicted molar refractivity (Wildman–Crippen MR) is 108 cm³/mol. The third kappa shape index (κ3) is 3.91. The van der Waals surface area contributed by atoms with Crippen LogP contribution in [0.25, 0.3) is 11.4 Å². The Morgan fingerprint density at radius 2 is 1.86 bits per heavy atom. The Kier molecular flexibility index (Phi) is 5.67. The van der Waals surface area contributed by atoms with Gasteiger partial charge in [0.25, 0.3) is 0 Å². The van der Waals surface area contributed by atoms with Gasteiger partial charge < -0.3 is 18.7 Å². The molecule has 0 bridgehead atoms. The molecular weight excluding hydrogens is 370 g/mol. The number of benzene rings is 2. The molecule has 2 aromatic carbocycles. The van der Waals surface area contributed by atoms with Crippen LogP contribution in [-0.2, 0) is 6.54 Å². The van der Waals surface area contributed by atoms with Gasteiger partial charge in [0.1, 0.15) is 17.2 Å². The van der Waals surface area contributed by atoms with Gasteiger partial charge >= 0.3 is 0 Å². The first kappa shape index (κ1) is 19.3. The van der Waals surface area contributed by atoms with E-state index < -0.39 is 0 Å². The van der Waals surface area contributed by atoms with Crippen molar-refractivity contribution in [2.45, 2.75) is 25.4 Å². The fourth-order valence-corrected chi connectivity index (χ4v) is 3.90. The zero-order valence-electron chi connectivity index (χ0n) is 16.9. The summed E-state index contributed by atoms with van der Waals surface area (Å²) in [6.07, 6.45) is 2.13. The van der Waals surface area contributed by atoms with E-state index in [9.17, 15) is 0 Å². The van der Waals surface area contributed by atoms with Gasteiger partial charge in [-0.2, -0.15) is 4.98 Å². The third-order valence-corrected chi connectivity index (χ3v) is 5.31. The maximum Gasteiger partial charge on any atom is 0.241 e. The maximum absolute atomic E-state index is 5.60. The Bertz CT molecular complexity index is 972. The van der Waals surface area contributed by atoms with Crippen molar-refractivity contribution in [3.8, 4) is 28.6 Å². The molecule has 1 unspecified atom stereocenters. The van der Waals surface area contributed by atoms with Crippen LogP contribution in [0, 0.1) is 0 Å². The summed E-state index contributed by atoms with van der Waals surface area (Å²) in [5, 5.41) is 4.16. The van der Waals surface area contributed by atoms with Crippen LogP contribution < -0.4 is 14.2 Å². The largest absolute Gasteiger partial charge is 0.497 e. The number of methoxy groups -OCH3 is 3. The van der Waals surface area contributed by atoms with Crippen LogP contribution in [0.15, 0.2) is 47.0 Å². The zero-order valence-corrected chi connectivity index (χ0v) is 16.9. The van der Waals surface area contributed by atoms with Crippen LogP contribution in [0.5, 0.6) is 17.2 Å². The first-order valence-corrected chi connectivity index (χ1v) is 9.65. The van der Waals surface area contributed by atoms with Gasteiger partial charge in [-0.25, -0.2) is 0 Å². The minimum Gasteiger partial charge on any atom is -0.497 e. The normalized spacial score (nSPS) is 16.7. The summed E-state index contributed by atoms with van der Waals surface area (Å²) in [6, 6.07) is 13.8. The van der Waals surface area contributed by atoms with Crippen LogP contribution in [0.3, 0.4) is 0 Å². The molecule has 1 aliphatic rings. The van der Waals surface area contributed by atoms with Gasteiger partial charge in [0.2, 0.25) is 11.7 Å². The summed E-state index contributed by atoms with van der Waals surface area (Å²) in [5.41, 5.74) is 1.94. The second-order valence-corrected chi connectivity index (χ2v) is 6.95. The molecular formula is C22H25N3O4. The molecule has 1 aliphatic heterocycles. The first-order chi connectivity index (χ1) is 14.2. The number of rotatable bonds is 7. The Balaban J connectivity index is 1.57. The van der Waals surface area contributed by atoms with Crippen molar-refractivity contribution >= 4 is 0 Å². The number of nitrogens with zero attached hydrogens (tertiary/aromatic N) is 3. The molecule has 4 rings (SSSR count). The Morgan fingerprint density at radius 1 is 1.03 bits per heavy atom. The zero-order chi connectivity index (χ0) is 20.2. The Hall–Kier alpha value is -3.06. The molecule has 1 atom stereocenters. The highest BCUT2D eigenvalue weighted by Gasteiger charge is 2.30. The smallest absolute Gasteiger partial charge is 0.241 e. The number of hydrogen-bond donors (Lipinski definition) is 0. The topological polar surface area (TPSA) is 69.9 Å². The Morgan fingerprint density at radius 3 is 2.66 bits per heavy atom. The van der Waals surface area contributed by atoms with E-state index in [2.05, 4.69) is 21.1 Å². The average molecular weight is 395 g/mol. The van der Waals surface area contributed by atoms with Gasteiger partial charge in [0.05, 0.1) is 33.4 Å². The van der Waals surface area contributed by atoms with E-state index in [0.29, 0.717) is 18.3 Å². The first-order valence-electron chi connectivity index (χ1n) is 9.65. The highest BCUT2D eigenvalue weighted by molar-refractivity contribution is 5.63. The van der Waals surface area contributed by atoms with E-state index in [1.807, 2.05) is 36.4 Å². The van der Waals surface area contributed by atoms with E-state index in [1.54, 1.807) is 21.3 Å². The number of ether oxygens (including phenoxy) is 3. The number of likely N-dealkylation sites (tertiary alicyclic amines) is 1. The molecule has 1 fully saturated rings. The van der Waals surface area contributed by atoms with E-state index in [-0.39, 0.29) is 6.04 Å². The van der Waals surface area contributed by atoms with Gasteiger partial charge in [0, 0.05) is 11.6 Å². The summed E-state index contributed by atoms with van der Waals surface area (Å²) in [5.74, 6) is 3.53. The lowest BCUT2D eigenvalue weighted by atomic mass is 10.0. The van der Waals surface area contributed by atoms with Crippen molar-refractivity contribution in [3.05, 3.63) is 53.9 Å². The summed E-state index contributed by atoms with van der Waals surface area (Å²) in [7, 11) is 5.01. The fraction of sp³-hybridized carbons (Fsp3) is 0.364. The highest BCUT2D eigenvalue weighted by atomic mass is 16.5. The molecule has 0 amide bonds. The lowest BCUT2D eigenvalue weighted by Crippen LogP contribution is -2.23. The summed E-state index contributed by atoms with van der Waals surface area (Å²) in [6.45, 7) is 1.53. The third-order valence-electron chi connectivity index (χ3n) is 5.31. The van der Waals surface area contributed by atoms with Crippen molar-refractivity contribution in [2.24, 2.45) is 0 Å². The molecule has 1 saturated heterocycles. The minimum atomic E-state index is 0.210. The number of aromatic nitrogens is 2. The van der Waals surface area contributed by atoms with Crippen LogP contribution >= 0.6 is 0 Å². The van der Waals surface area contributed by atoms with Crippen molar-refractivity contribution < 1.29 is 18.7 Å². The lowest BCUT2D eigenvalue weighted by Gasteiger charge is -2.25. The molecule has 29 heavy (non-hydrogen) atoms. The lowest BCUT2D eigenvalue weighted by molar-refractivity contribution is 0.209. The monoisotopic (exact) mass is 395 g/mol. The average Bonchev–Trinajstić information content (AvgIpc) is 3.43. The van der Waals surface area contributed by atoms with Crippen molar-refractivity contribution in [1.29, 1.82) is 0 Å². The highest BCUT2D eigenvalue weighted by Crippen LogP contribution is 2.39. The number of para-hydroxylation sites is 1. The van der Waals surface area contributed by atoms with E-state index in [1.165, 1.54) is 0 Å². The molecule has 152 valence electrons. The van der Waals surface area contributed by atoms with Crippen LogP contribution in [0.2, 0.25) is 0 Å². The van der Waals surface area contributed by atoms with Gasteiger partial charge in [0.15, 0.2) is 0 Å². The maximum atomic E-state index is 5.60. The predicted octanol–water partition coefficient (Wildman–Crippen LogP) is 4.10. The summed E-state index contributed by atoms with van der Waals surface area (Å²) in [4.78, 5) is 6.95. The molecule has 7 heteroatoms. The molecule has 0 N–H and O–H groups in total. The van der Waals surface area contributed by atoms with E-state index >= 15 is 0 Å². The van der Waals surface area contributed by atoms with Gasteiger partial charge in [-0.3, -0.25) is 4.90 Å². The van der Waals surface area contributed by atoms with Gasteiger partial charge in [-0.05, 0) is 49.7 Å². The number of hydrogen-bond acceptors (Lipinski definition) is 7. The standard InChI is InChI=1S/C22H25N3O4/c1-26-15-10-11-20(28-3)17(13-15)18-8-6-12-25(18)14-21-23-22(24-29-21)16-7-4-5-9-19(16)27-2/h4-5,7,9-11,13,18H,6,8,12,14H2,1-3H3. The molecule has 0 radical (unpaired) electrons. The van der Waals surface area contributed by atoms with Gasteiger partial charge in [-0.15, -0.1) is 0 Å². The molecule has 0 aliphatic carbocycles. The van der Waals surface area contributed by atoms with Crippen LogP contribution in [-0.4, -0.2) is 42.9 Å². The van der Waals surface area contributed by atoms with E-state index in [0.717, 1.165) is 47.8 Å². The summed E-state index contributed by atoms with van der Waals surface area (Å²) < 4.78 is 22.0. The van der Waals surface area contributed by atoms with Crippen molar-refractivity contribution in [1.82, 2.24) is 15.0 Å². The summed E-state index contributed by atoms with van der Waals surface area (Å²) >= 11 is 0. The van der Waals surface area contributed by atoms with Gasteiger partial charge in [-0.1, -0.05) is 17.3 Å².